The van der Waals surface area contributed by atoms with Gasteiger partial charge in [-0.25, -0.2) is 0 Å². The number of benzene rings is 1. The molecule has 0 saturated heterocycles. The predicted octanol–water partition coefficient (Wildman–Crippen LogP) is 10.6. The topological polar surface area (TPSA) is 96.5 Å². The summed E-state index contributed by atoms with van der Waals surface area (Å²) < 4.78 is 36.1. The number of hydrogen-bond donors (Lipinski definition) is 2. The molecule has 0 aliphatic rings. The van der Waals surface area contributed by atoms with Gasteiger partial charge in [0.2, 0.25) is 5.75 Å². The zero-order chi connectivity index (χ0) is 40.8. The Labute approximate surface area is 328 Å². The van der Waals surface area contributed by atoms with Crippen molar-refractivity contribution in [3.8, 4) is 17.2 Å². The lowest BCUT2D eigenvalue weighted by Crippen LogP contribution is -2.30. The number of Topliss-reactive ketones (excluding diaryl/α,β-unsaturated/α-hetero) is 1. The SMILES string of the molecule is CCC.CCCC.CCCC.CCCOCCOc1cc(C(=O)CC)cc(OCCOCCNCCNCC)c1OCC(C)(C)COCC(C)(C)CC. The lowest BCUT2D eigenvalue weighted by atomic mass is 9.91. The molecule has 0 aromatic heterocycles. The van der Waals surface area contributed by atoms with Crippen LogP contribution in [0.25, 0.3) is 0 Å². The molecule has 0 heterocycles. The molecular weight excluding hydrogens is 668 g/mol. The first kappa shape index (κ1) is 55.4. The first-order valence-corrected chi connectivity index (χ1v) is 21.1. The van der Waals surface area contributed by atoms with Gasteiger partial charge >= 0.3 is 0 Å². The quantitative estimate of drug-likeness (QED) is 0.0612. The second kappa shape index (κ2) is 38.4. The van der Waals surface area contributed by atoms with Gasteiger partial charge in [0.25, 0.3) is 0 Å². The zero-order valence-corrected chi connectivity index (χ0v) is 37.4. The van der Waals surface area contributed by atoms with Crippen LogP contribution >= 0.6 is 0 Å². The Morgan fingerprint density at radius 1 is 0.547 bits per heavy atom. The summed E-state index contributed by atoms with van der Waals surface area (Å²) in [4.78, 5) is 12.7. The van der Waals surface area contributed by atoms with E-state index in [1.54, 1.807) is 12.1 Å². The van der Waals surface area contributed by atoms with E-state index in [0.717, 1.165) is 39.0 Å². The van der Waals surface area contributed by atoms with Crippen LogP contribution in [-0.4, -0.2) is 91.4 Å². The summed E-state index contributed by atoms with van der Waals surface area (Å²) in [5, 5.41) is 6.62. The molecule has 1 rings (SSSR count). The third kappa shape index (κ3) is 34.3. The molecule has 2 N–H and O–H groups in total. The molecule has 0 unspecified atom stereocenters. The number of ether oxygens (including phenoxy) is 6. The number of likely N-dealkylation sites (N-methyl/N-ethyl adjacent to an activating group) is 1. The molecule has 0 radical (unpaired) electrons. The van der Waals surface area contributed by atoms with Gasteiger partial charge < -0.3 is 39.1 Å². The van der Waals surface area contributed by atoms with E-state index in [2.05, 4.69) is 101 Å². The highest BCUT2D eigenvalue weighted by atomic mass is 16.6. The van der Waals surface area contributed by atoms with Crippen molar-refractivity contribution in [1.82, 2.24) is 10.6 Å². The van der Waals surface area contributed by atoms with Gasteiger partial charge in [0.1, 0.15) is 13.2 Å². The van der Waals surface area contributed by atoms with Crippen molar-refractivity contribution in [2.45, 2.75) is 148 Å². The molecule has 0 fully saturated rings. The fraction of sp³-hybridized carbons (Fsp3) is 0.841. The Kier molecular flexibility index (Phi) is 40.1. The fourth-order valence-corrected chi connectivity index (χ4v) is 3.71. The van der Waals surface area contributed by atoms with E-state index in [4.69, 9.17) is 28.4 Å². The molecule has 0 aliphatic heterocycles. The van der Waals surface area contributed by atoms with Crippen molar-refractivity contribution < 1.29 is 33.2 Å². The summed E-state index contributed by atoms with van der Waals surface area (Å²) in [6, 6.07) is 3.49. The van der Waals surface area contributed by atoms with Crippen molar-refractivity contribution in [1.29, 1.82) is 0 Å². The number of carbonyl (C=O) groups excluding carboxylic acids is 1. The molecule has 53 heavy (non-hydrogen) atoms. The summed E-state index contributed by atoms with van der Waals surface area (Å²) >= 11 is 0. The van der Waals surface area contributed by atoms with Gasteiger partial charge in [-0.1, -0.05) is 129 Å². The van der Waals surface area contributed by atoms with E-state index in [9.17, 15) is 4.79 Å². The van der Waals surface area contributed by atoms with E-state index >= 15 is 0 Å². The summed E-state index contributed by atoms with van der Waals surface area (Å²) in [5.74, 6) is 1.42. The third-order valence-corrected chi connectivity index (χ3v) is 7.68. The lowest BCUT2D eigenvalue weighted by molar-refractivity contribution is -0.00321. The zero-order valence-electron chi connectivity index (χ0n) is 37.4. The van der Waals surface area contributed by atoms with Crippen LogP contribution in [0.4, 0.5) is 0 Å². The van der Waals surface area contributed by atoms with E-state index in [-0.39, 0.29) is 16.6 Å². The van der Waals surface area contributed by atoms with Gasteiger partial charge in [0.05, 0.1) is 39.6 Å². The largest absolute Gasteiger partial charge is 0.487 e. The number of rotatable bonds is 29. The Bertz CT molecular complexity index is 933. The number of carbonyl (C=O) groups is 1. The standard InChI is InChI=1S/C33H60N2O7.2C4H10.C3H8/c1-9-16-37-18-20-40-29-22-27(28(36)10-2)23-30(41-21-19-38-17-15-35-14-13-34-12-4)31(29)42-26-33(7,8)25-39-24-32(5,6)11-3;2*1-3-4-2;1-3-2/h22-23,34-35H,9-21,24-26H2,1-8H3;2*3-4H2,1-2H3;3H2,1-2H3. The van der Waals surface area contributed by atoms with Gasteiger partial charge in [-0.2, -0.15) is 0 Å². The predicted molar refractivity (Wildman–Crippen MR) is 227 cm³/mol. The molecule has 9 heteroatoms. The Balaban J connectivity index is -0.00000199. The average molecular weight is 757 g/mol. The molecule has 0 atom stereocenters. The van der Waals surface area contributed by atoms with Crippen LogP contribution in [0.5, 0.6) is 17.2 Å². The minimum absolute atomic E-state index is 0.00522. The number of hydrogen-bond acceptors (Lipinski definition) is 9. The van der Waals surface area contributed by atoms with Crippen LogP contribution in [0.1, 0.15) is 159 Å². The van der Waals surface area contributed by atoms with Crippen LogP contribution in [0, 0.1) is 10.8 Å². The molecule has 1 aromatic rings. The van der Waals surface area contributed by atoms with Crippen molar-refractivity contribution in [2.24, 2.45) is 10.8 Å². The lowest BCUT2D eigenvalue weighted by Gasteiger charge is -2.29. The summed E-state index contributed by atoms with van der Waals surface area (Å²) in [6.45, 7) is 37.7. The van der Waals surface area contributed by atoms with Gasteiger partial charge in [0, 0.05) is 43.6 Å². The van der Waals surface area contributed by atoms with Crippen molar-refractivity contribution in [3.05, 3.63) is 17.7 Å². The number of unbranched alkanes of at least 4 members (excludes halogenated alkanes) is 2. The minimum atomic E-state index is -0.261. The van der Waals surface area contributed by atoms with E-state index < -0.39 is 0 Å². The molecule has 0 aliphatic carbocycles. The van der Waals surface area contributed by atoms with E-state index in [1.807, 2.05) is 6.92 Å². The summed E-state index contributed by atoms with van der Waals surface area (Å²) in [7, 11) is 0. The normalized spacial score (nSPS) is 11.0. The first-order valence-electron chi connectivity index (χ1n) is 21.1. The minimum Gasteiger partial charge on any atom is -0.487 e. The second-order valence-electron chi connectivity index (χ2n) is 14.8. The first-order chi connectivity index (χ1) is 25.3. The summed E-state index contributed by atoms with van der Waals surface area (Å²) in [6.07, 6.45) is 8.89. The molecular formula is C44H88N2O7. The number of nitrogens with one attached hydrogen (secondary N) is 2. The van der Waals surface area contributed by atoms with Crippen molar-refractivity contribution >= 4 is 5.78 Å². The Hall–Kier alpha value is -1.91. The van der Waals surface area contributed by atoms with E-state index in [0.29, 0.717) is 88.7 Å². The van der Waals surface area contributed by atoms with Gasteiger partial charge in [-0.05, 0) is 36.9 Å². The van der Waals surface area contributed by atoms with E-state index in [1.165, 1.54) is 32.1 Å². The van der Waals surface area contributed by atoms with Gasteiger partial charge in [-0.3, -0.25) is 4.79 Å². The molecule has 0 saturated carbocycles. The monoisotopic (exact) mass is 757 g/mol. The molecule has 0 spiro atoms. The maximum atomic E-state index is 12.7. The van der Waals surface area contributed by atoms with Crippen molar-refractivity contribution in [3.63, 3.8) is 0 Å². The van der Waals surface area contributed by atoms with Crippen molar-refractivity contribution in [2.75, 3.05) is 85.6 Å². The average Bonchev–Trinajstić information content (AvgIpc) is 3.14. The molecule has 1 aromatic carbocycles. The van der Waals surface area contributed by atoms with Crippen LogP contribution in [-0.2, 0) is 14.2 Å². The van der Waals surface area contributed by atoms with Crippen LogP contribution in [0.15, 0.2) is 12.1 Å². The Morgan fingerprint density at radius 2 is 1.04 bits per heavy atom. The molecule has 0 bridgehead atoms. The van der Waals surface area contributed by atoms with Gasteiger partial charge in [0.15, 0.2) is 17.3 Å². The smallest absolute Gasteiger partial charge is 0.203 e. The second-order valence-corrected chi connectivity index (χ2v) is 14.8. The third-order valence-electron chi connectivity index (χ3n) is 7.68. The molecule has 316 valence electrons. The summed E-state index contributed by atoms with van der Waals surface area (Å²) in [5.41, 5.74) is 0.396. The Morgan fingerprint density at radius 3 is 1.49 bits per heavy atom. The van der Waals surface area contributed by atoms with Crippen LogP contribution in [0.3, 0.4) is 0 Å². The number of ketones is 1. The maximum Gasteiger partial charge on any atom is 0.203 e. The van der Waals surface area contributed by atoms with Crippen LogP contribution in [0.2, 0.25) is 0 Å². The maximum absolute atomic E-state index is 12.7. The highest BCUT2D eigenvalue weighted by molar-refractivity contribution is 5.97. The highest BCUT2D eigenvalue weighted by Gasteiger charge is 2.25. The van der Waals surface area contributed by atoms with Gasteiger partial charge in [-0.15, -0.1) is 0 Å². The fourth-order valence-electron chi connectivity index (χ4n) is 3.71. The van der Waals surface area contributed by atoms with Crippen LogP contribution < -0.4 is 24.8 Å². The molecule has 0 amide bonds. The highest BCUT2D eigenvalue weighted by Crippen LogP contribution is 2.40. The molecule has 9 nitrogen and oxygen atoms in total.